The van der Waals surface area contributed by atoms with Crippen LogP contribution >= 0.6 is 0 Å². The monoisotopic (exact) mass is 372 g/mol. The highest BCUT2D eigenvalue weighted by Gasteiger charge is 2.63. The average Bonchev–Trinajstić information content (AvgIpc) is 2.72. The molecule has 1 fully saturated rings. The topological polar surface area (TPSA) is 27.7 Å². The van der Waals surface area contributed by atoms with E-state index in [4.69, 9.17) is 9.31 Å². The standard InChI is InChI=1S/C14H12BF7O3/c1-11(2)12(3,4)25-15(24-11)7-8(16)5-6(9(17)10(7)18)14(21,22)23-13(5,19)20/h1-4H3. The predicted octanol–water partition coefficient (Wildman–Crippen LogP) is 3.53. The molecule has 0 amide bonds. The van der Waals surface area contributed by atoms with Crippen molar-refractivity contribution in [3.8, 4) is 0 Å². The molecular formula is C14H12BF7O3. The van der Waals surface area contributed by atoms with E-state index < -0.39 is 64.6 Å². The van der Waals surface area contributed by atoms with Gasteiger partial charge in [0.2, 0.25) is 0 Å². The fourth-order valence-electron chi connectivity index (χ4n) is 2.66. The minimum atomic E-state index is -4.89. The van der Waals surface area contributed by atoms with Gasteiger partial charge in [0.15, 0.2) is 11.6 Å². The number of rotatable bonds is 1. The maximum Gasteiger partial charge on any atom is 0.501 e. The number of alkyl halides is 4. The molecule has 1 aromatic carbocycles. The zero-order valence-electron chi connectivity index (χ0n) is 13.4. The van der Waals surface area contributed by atoms with Crippen LogP contribution in [0.2, 0.25) is 0 Å². The molecule has 0 atom stereocenters. The molecule has 0 unspecified atom stereocenters. The SMILES string of the molecule is CC1(C)OB(c2c(F)c(F)c3c(c2F)C(F)(F)OC3(F)F)OC1(C)C. The van der Waals surface area contributed by atoms with Gasteiger partial charge < -0.3 is 9.31 Å². The third-order valence-electron chi connectivity index (χ3n) is 4.68. The van der Waals surface area contributed by atoms with Gasteiger partial charge in [-0.3, -0.25) is 0 Å². The highest BCUT2D eigenvalue weighted by atomic mass is 19.3. The maximum absolute atomic E-state index is 14.5. The Kier molecular flexibility index (Phi) is 3.61. The summed E-state index contributed by atoms with van der Waals surface area (Å²) >= 11 is 0. The van der Waals surface area contributed by atoms with Crippen molar-refractivity contribution in [3.05, 3.63) is 28.6 Å². The van der Waals surface area contributed by atoms with Crippen molar-refractivity contribution < 1.29 is 44.8 Å². The molecule has 0 spiro atoms. The summed E-state index contributed by atoms with van der Waals surface area (Å²) in [4.78, 5) is 0. The summed E-state index contributed by atoms with van der Waals surface area (Å²) in [5.41, 5.74) is -7.85. The Balaban J connectivity index is 2.25. The zero-order valence-corrected chi connectivity index (χ0v) is 13.4. The molecule has 0 saturated carbocycles. The summed E-state index contributed by atoms with van der Waals surface area (Å²) < 4.78 is 111. The van der Waals surface area contributed by atoms with Crippen LogP contribution in [0.5, 0.6) is 0 Å². The second-order valence-corrected chi connectivity index (χ2v) is 6.83. The molecule has 1 saturated heterocycles. The molecular weight excluding hydrogens is 360 g/mol. The molecule has 25 heavy (non-hydrogen) atoms. The van der Waals surface area contributed by atoms with Gasteiger partial charge in [-0.25, -0.2) is 17.9 Å². The van der Waals surface area contributed by atoms with E-state index in [1.165, 1.54) is 27.7 Å². The number of benzene rings is 1. The lowest BCUT2D eigenvalue weighted by Gasteiger charge is -2.32. The van der Waals surface area contributed by atoms with Gasteiger partial charge in [-0.15, -0.1) is 0 Å². The Labute approximate surface area is 138 Å². The quantitative estimate of drug-likeness (QED) is 0.429. The fraction of sp³-hybridized carbons (Fsp3) is 0.571. The zero-order chi connectivity index (χ0) is 19.2. The molecule has 0 radical (unpaired) electrons. The van der Waals surface area contributed by atoms with Gasteiger partial charge in [-0.2, -0.15) is 17.6 Å². The number of fused-ring (bicyclic) bond motifs is 1. The lowest BCUT2D eigenvalue weighted by atomic mass is 9.76. The molecule has 2 aliphatic rings. The second-order valence-electron chi connectivity index (χ2n) is 6.83. The van der Waals surface area contributed by atoms with Gasteiger partial charge in [-0.1, -0.05) is 0 Å². The van der Waals surface area contributed by atoms with Crippen molar-refractivity contribution in [2.75, 3.05) is 0 Å². The third-order valence-corrected chi connectivity index (χ3v) is 4.68. The molecule has 11 heteroatoms. The Hall–Kier alpha value is -1.33. The normalized spacial score (nSPS) is 25.3. The third kappa shape index (κ3) is 2.39. The van der Waals surface area contributed by atoms with Gasteiger partial charge in [-0.05, 0) is 27.7 Å². The Bertz CT molecular complexity index is 748. The summed E-state index contributed by atoms with van der Waals surface area (Å²) in [6, 6.07) is 0. The smallest absolute Gasteiger partial charge is 0.399 e. The first-order valence-corrected chi connectivity index (χ1v) is 7.15. The minimum Gasteiger partial charge on any atom is -0.399 e. The average molecular weight is 372 g/mol. The lowest BCUT2D eigenvalue weighted by molar-refractivity contribution is -0.370. The first-order valence-electron chi connectivity index (χ1n) is 7.15. The highest BCUT2D eigenvalue weighted by Crippen LogP contribution is 2.53. The number of hydrogen-bond acceptors (Lipinski definition) is 3. The molecule has 2 aliphatic heterocycles. The first kappa shape index (κ1) is 18.5. The Morgan fingerprint density at radius 2 is 1.08 bits per heavy atom. The minimum absolute atomic E-state index is 1.13. The van der Waals surface area contributed by atoms with Crippen molar-refractivity contribution in [3.63, 3.8) is 0 Å². The van der Waals surface area contributed by atoms with Crippen LogP contribution < -0.4 is 5.46 Å². The van der Waals surface area contributed by atoms with Crippen LogP contribution in [-0.4, -0.2) is 18.3 Å². The van der Waals surface area contributed by atoms with Gasteiger partial charge in [0.1, 0.15) is 16.9 Å². The second kappa shape index (κ2) is 4.89. The molecule has 3 nitrogen and oxygen atoms in total. The molecule has 0 aromatic heterocycles. The van der Waals surface area contributed by atoms with E-state index in [1.807, 2.05) is 0 Å². The Morgan fingerprint density at radius 3 is 1.52 bits per heavy atom. The summed E-state index contributed by atoms with van der Waals surface area (Å²) in [6.07, 6.45) is -9.74. The summed E-state index contributed by atoms with van der Waals surface area (Å²) in [7, 11) is -1.91. The largest absolute Gasteiger partial charge is 0.501 e. The van der Waals surface area contributed by atoms with Crippen LogP contribution in [0, 0.1) is 17.5 Å². The van der Waals surface area contributed by atoms with Gasteiger partial charge in [0.25, 0.3) is 0 Å². The number of ether oxygens (including phenoxy) is 1. The van der Waals surface area contributed by atoms with Crippen LogP contribution in [-0.2, 0) is 26.3 Å². The van der Waals surface area contributed by atoms with Crippen LogP contribution in [0.4, 0.5) is 30.7 Å². The molecule has 0 N–H and O–H groups in total. The van der Waals surface area contributed by atoms with Crippen molar-refractivity contribution in [2.45, 2.75) is 51.1 Å². The lowest BCUT2D eigenvalue weighted by Crippen LogP contribution is -2.41. The van der Waals surface area contributed by atoms with Crippen LogP contribution in [0.3, 0.4) is 0 Å². The van der Waals surface area contributed by atoms with Gasteiger partial charge >= 0.3 is 19.3 Å². The maximum atomic E-state index is 14.5. The molecule has 0 aliphatic carbocycles. The number of hydrogen-bond donors (Lipinski definition) is 0. The van der Waals surface area contributed by atoms with Crippen LogP contribution in [0.25, 0.3) is 0 Å². The van der Waals surface area contributed by atoms with Gasteiger partial charge in [0.05, 0.1) is 16.7 Å². The summed E-state index contributed by atoms with van der Waals surface area (Å²) in [5, 5.41) is 0. The fourth-order valence-corrected chi connectivity index (χ4v) is 2.66. The highest BCUT2D eigenvalue weighted by molar-refractivity contribution is 6.62. The van der Waals surface area contributed by atoms with E-state index in [-0.39, 0.29) is 0 Å². The predicted molar refractivity (Wildman–Crippen MR) is 70.9 cm³/mol. The molecule has 1 aromatic rings. The molecule has 2 heterocycles. The van der Waals surface area contributed by atoms with Crippen LogP contribution in [0.1, 0.15) is 38.8 Å². The van der Waals surface area contributed by atoms with Crippen molar-refractivity contribution >= 4 is 12.6 Å². The Morgan fingerprint density at radius 1 is 0.680 bits per heavy atom. The van der Waals surface area contributed by atoms with Crippen LogP contribution in [0.15, 0.2) is 0 Å². The molecule has 3 rings (SSSR count). The van der Waals surface area contributed by atoms with E-state index in [2.05, 4.69) is 4.74 Å². The van der Waals surface area contributed by atoms with Crippen molar-refractivity contribution in [1.29, 1.82) is 0 Å². The van der Waals surface area contributed by atoms with E-state index in [0.717, 1.165) is 0 Å². The van der Waals surface area contributed by atoms with E-state index in [9.17, 15) is 30.7 Å². The van der Waals surface area contributed by atoms with E-state index >= 15 is 0 Å². The van der Waals surface area contributed by atoms with Crippen molar-refractivity contribution in [1.82, 2.24) is 0 Å². The summed E-state index contributed by atoms with van der Waals surface area (Å²) in [5.74, 6) is -6.55. The molecule has 0 bridgehead atoms. The van der Waals surface area contributed by atoms with Crippen molar-refractivity contribution in [2.24, 2.45) is 0 Å². The first-order chi connectivity index (χ1) is 11.1. The van der Waals surface area contributed by atoms with E-state index in [1.54, 1.807) is 0 Å². The van der Waals surface area contributed by atoms with Gasteiger partial charge in [0, 0.05) is 0 Å². The molecule has 138 valence electrons. The number of halogens is 7. The summed E-state index contributed by atoms with van der Waals surface area (Å²) in [6.45, 7) is 5.99. The van der Waals surface area contributed by atoms with E-state index in [0.29, 0.717) is 0 Å².